The summed E-state index contributed by atoms with van der Waals surface area (Å²) in [5.41, 5.74) is 5.34. The molecule has 0 radical (unpaired) electrons. The Labute approximate surface area is 115 Å². The van der Waals surface area contributed by atoms with Crippen LogP contribution in [0.4, 0.5) is 10.1 Å². The van der Waals surface area contributed by atoms with Crippen LogP contribution in [0.2, 0.25) is 0 Å². The molecule has 1 aliphatic heterocycles. The van der Waals surface area contributed by atoms with Crippen LogP contribution in [-0.2, 0) is 0 Å². The van der Waals surface area contributed by atoms with Gasteiger partial charge in [-0.25, -0.2) is 4.39 Å². The van der Waals surface area contributed by atoms with Gasteiger partial charge in [0.25, 0.3) is 11.6 Å². The highest BCUT2D eigenvalue weighted by Crippen LogP contribution is 2.23. The number of halogens is 1. The number of piperidine rings is 1. The van der Waals surface area contributed by atoms with E-state index in [9.17, 15) is 19.3 Å². The average molecular weight is 281 g/mol. The molecule has 1 unspecified atom stereocenters. The van der Waals surface area contributed by atoms with Crippen molar-refractivity contribution >= 4 is 11.6 Å². The number of non-ortho nitro benzene ring substituents is 1. The minimum Gasteiger partial charge on any atom is -0.337 e. The van der Waals surface area contributed by atoms with Gasteiger partial charge >= 0.3 is 0 Å². The van der Waals surface area contributed by atoms with Crippen LogP contribution < -0.4 is 5.73 Å². The van der Waals surface area contributed by atoms with E-state index in [1.54, 1.807) is 0 Å². The maximum Gasteiger partial charge on any atom is 0.270 e. The van der Waals surface area contributed by atoms with Crippen LogP contribution in [0.5, 0.6) is 0 Å². The third-order valence-corrected chi connectivity index (χ3v) is 3.43. The van der Waals surface area contributed by atoms with Gasteiger partial charge in [0, 0.05) is 31.3 Å². The molecule has 6 nitrogen and oxygen atoms in total. The minimum absolute atomic E-state index is 0.0869. The van der Waals surface area contributed by atoms with E-state index in [0.717, 1.165) is 25.0 Å². The van der Waals surface area contributed by atoms with Crippen molar-refractivity contribution in [3.05, 3.63) is 39.2 Å². The first kappa shape index (κ1) is 14.4. The van der Waals surface area contributed by atoms with Gasteiger partial charge in [0.2, 0.25) is 0 Å². The van der Waals surface area contributed by atoms with Gasteiger partial charge in [-0.05, 0) is 25.3 Å². The monoisotopic (exact) mass is 281 g/mol. The van der Waals surface area contributed by atoms with Crippen molar-refractivity contribution in [2.75, 3.05) is 13.1 Å². The first-order valence-corrected chi connectivity index (χ1v) is 6.39. The first-order chi connectivity index (χ1) is 9.40. The number of carbonyl (C=O) groups is 1. The van der Waals surface area contributed by atoms with Crippen molar-refractivity contribution in [2.24, 2.45) is 5.73 Å². The molecule has 0 aliphatic carbocycles. The Kier molecular flexibility index (Phi) is 3.99. The molecule has 2 rings (SSSR count). The molecule has 1 aromatic rings. The second-order valence-corrected chi connectivity index (χ2v) is 5.03. The summed E-state index contributed by atoms with van der Waals surface area (Å²) in [5.74, 6) is -1.25. The second kappa shape index (κ2) is 5.54. The molecule has 0 spiro atoms. The Hall–Kier alpha value is -2.02. The van der Waals surface area contributed by atoms with E-state index in [1.807, 2.05) is 0 Å². The molecule has 1 aromatic carbocycles. The number of carbonyl (C=O) groups excluding carboxylic acids is 1. The summed E-state index contributed by atoms with van der Waals surface area (Å²) < 4.78 is 14.0. The van der Waals surface area contributed by atoms with Crippen LogP contribution in [0, 0.1) is 22.9 Å². The predicted octanol–water partition coefficient (Wildman–Crippen LogP) is 1.61. The maximum atomic E-state index is 14.0. The van der Waals surface area contributed by atoms with E-state index in [1.165, 1.54) is 11.8 Å². The molecule has 7 heteroatoms. The normalized spacial score (nSPS) is 18.9. The van der Waals surface area contributed by atoms with Crippen LogP contribution in [0.3, 0.4) is 0 Å². The van der Waals surface area contributed by atoms with Gasteiger partial charge in [-0.2, -0.15) is 0 Å². The lowest BCUT2D eigenvalue weighted by Crippen LogP contribution is -2.46. The quantitative estimate of drug-likeness (QED) is 0.658. The summed E-state index contributed by atoms with van der Waals surface area (Å²) in [4.78, 5) is 23.9. The fourth-order valence-corrected chi connectivity index (χ4v) is 2.38. The van der Waals surface area contributed by atoms with E-state index in [0.29, 0.717) is 13.1 Å². The van der Waals surface area contributed by atoms with Gasteiger partial charge < -0.3 is 10.6 Å². The molecule has 1 atom stereocenters. The van der Waals surface area contributed by atoms with Crippen molar-refractivity contribution in [1.82, 2.24) is 4.90 Å². The minimum atomic E-state index is -0.709. The Balaban J connectivity index is 2.35. The summed E-state index contributed by atoms with van der Waals surface area (Å²) in [5, 5.41) is 10.8. The average Bonchev–Trinajstić information content (AvgIpc) is 2.40. The number of likely N-dealkylation sites (tertiary alicyclic amines) is 1. The first-order valence-electron chi connectivity index (χ1n) is 6.39. The third kappa shape index (κ3) is 2.77. The van der Waals surface area contributed by atoms with Crippen LogP contribution in [-0.4, -0.2) is 34.9 Å². The van der Waals surface area contributed by atoms with E-state index < -0.39 is 16.6 Å². The van der Waals surface area contributed by atoms with Crippen molar-refractivity contribution in [3.63, 3.8) is 0 Å². The highest BCUT2D eigenvalue weighted by Gasteiger charge is 2.27. The number of nitrogens with two attached hydrogens (primary N) is 1. The molecule has 1 saturated heterocycles. The van der Waals surface area contributed by atoms with Crippen molar-refractivity contribution in [3.8, 4) is 0 Å². The fraction of sp³-hybridized carbons (Fsp3) is 0.462. The highest BCUT2D eigenvalue weighted by atomic mass is 19.1. The number of hydrogen-bond donors (Lipinski definition) is 1. The van der Waals surface area contributed by atoms with E-state index >= 15 is 0 Å². The van der Waals surface area contributed by atoms with E-state index in [-0.39, 0.29) is 22.9 Å². The molecule has 1 amide bonds. The molecule has 1 aliphatic rings. The van der Waals surface area contributed by atoms with Crippen LogP contribution in [0.15, 0.2) is 12.1 Å². The zero-order chi connectivity index (χ0) is 14.9. The third-order valence-electron chi connectivity index (χ3n) is 3.43. The standard InChI is InChI=1S/C13H16FN3O3/c1-8-5-10(17(19)20)6-11(12(8)14)13(18)16-4-2-3-9(15)7-16/h5-6,9H,2-4,7,15H2,1H3. The predicted molar refractivity (Wildman–Crippen MR) is 70.9 cm³/mol. The zero-order valence-electron chi connectivity index (χ0n) is 11.1. The topological polar surface area (TPSA) is 89.5 Å². The van der Waals surface area contributed by atoms with Crippen molar-refractivity contribution in [2.45, 2.75) is 25.8 Å². The van der Waals surface area contributed by atoms with Gasteiger partial charge in [0.15, 0.2) is 0 Å². The van der Waals surface area contributed by atoms with Crippen LogP contribution >= 0.6 is 0 Å². The lowest BCUT2D eigenvalue weighted by Gasteiger charge is -2.30. The smallest absolute Gasteiger partial charge is 0.270 e. The number of amides is 1. The molecular formula is C13H16FN3O3. The number of rotatable bonds is 2. The zero-order valence-corrected chi connectivity index (χ0v) is 11.1. The van der Waals surface area contributed by atoms with Gasteiger partial charge in [0.05, 0.1) is 10.5 Å². The fourth-order valence-electron chi connectivity index (χ4n) is 2.38. The van der Waals surface area contributed by atoms with E-state index in [2.05, 4.69) is 0 Å². The Morgan fingerprint density at radius 1 is 1.55 bits per heavy atom. The molecule has 2 N–H and O–H groups in total. The van der Waals surface area contributed by atoms with Crippen molar-refractivity contribution in [1.29, 1.82) is 0 Å². The highest BCUT2D eigenvalue weighted by molar-refractivity contribution is 5.95. The van der Waals surface area contributed by atoms with Crippen molar-refractivity contribution < 1.29 is 14.1 Å². The second-order valence-electron chi connectivity index (χ2n) is 5.03. The SMILES string of the molecule is Cc1cc([N+](=O)[O-])cc(C(=O)N2CCCC(N)C2)c1F. The number of nitrogens with zero attached hydrogens (tertiary/aromatic N) is 2. The number of hydrogen-bond acceptors (Lipinski definition) is 4. The summed E-state index contributed by atoms with van der Waals surface area (Å²) in [6.07, 6.45) is 1.57. The molecule has 0 bridgehead atoms. The lowest BCUT2D eigenvalue weighted by molar-refractivity contribution is -0.385. The maximum absolute atomic E-state index is 14.0. The molecule has 1 heterocycles. The summed E-state index contributed by atoms with van der Waals surface area (Å²) >= 11 is 0. The Morgan fingerprint density at radius 2 is 2.25 bits per heavy atom. The Bertz CT molecular complexity index is 562. The summed E-state index contributed by atoms with van der Waals surface area (Å²) in [6.45, 7) is 2.24. The molecule has 20 heavy (non-hydrogen) atoms. The molecule has 108 valence electrons. The summed E-state index contributed by atoms with van der Waals surface area (Å²) in [7, 11) is 0. The summed E-state index contributed by atoms with van der Waals surface area (Å²) in [6, 6.07) is 1.98. The van der Waals surface area contributed by atoms with E-state index in [4.69, 9.17) is 5.73 Å². The van der Waals surface area contributed by atoms with Gasteiger partial charge in [-0.15, -0.1) is 0 Å². The van der Waals surface area contributed by atoms with Crippen LogP contribution in [0.25, 0.3) is 0 Å². The molecule has 0 saturated carbocycles. The van der Waals surface area contributed by atoms with Crippen LogP contribution in [0.1, 0.15) is 28.8 Å². The molecule has 0 aromatic heterocycles. The van der Waals surface area contributed by atoms with Gasteiger partial charge in [-0.3, -0.25) is 14.9 Å². The molecular weight excluding hydrogens is 265 g/mol. The Morgan fingerprint density at radius 3 is 2.85 bits per heavy atom. The number of nitro groups is 1. The molecule has 1 fully saturated rings. The lowest BCUT2D eigenvalue weighted by atomic mass is 10.0. The number of nitro benzene ring substituents is 1. The number of benzene rings is 1. The largest absolute Gasteiger partial charge is 0.337 e. The van der Waals surface area contributed by atoms with Gasteiger partial charge in [-0.1, -0.05) is 0 Å². The number of aryl methyl sites for hydroxylation is 1. The van der Waals surface area contributed by atoms with Gasteiger partial charge in [0.1, 0.15) is 5.82 Å².